The van der Waals surface area contributed by atoms with Crippen LogP contribution in [0, 0.1) is 6.92 Å². The molecule has 4 N–H and O–H groups in total. The zero-order valence-electron chi connectivity index (χ0n) is 11.0. The lowest BCUT2D eigenvalue weighted by Crippen LogP contribution is -2.43. The van der Waals surface area contributed by atoms with Crippen LogP contribution >= 0.6 is 0 Å². The van der Waals surface area contributed by atoms with E-state index in [-0.39, 0.29) is 5.54 Å². The van der Waals surface area contributed by atoms with Crippen LogP contribution in [-0.4, -0.2) is 6.04 Å². The Kier molecular flexibility index (Phi) is 3.55. The zero-order valence-corrected chi connectivity index (χ0v) is 11.0. The van der Waals surface area contributed by atoms with Gasteiger partial charge >= 0.3 is 0 Å². The van der Waals surface area contributed by atoms with Crippen molar-refractivity contribution in [2.45, 2.75) is 57.5 Å². The number of hydrogen-bond donors (Lipinski definition) is 2. The summed E-state index contributed by atoms with van der Waals surface area (Å²) >= 11 is 0. The maximum atomic E-state index is 6.55. The van der Waals surface area contributed by atoms with Crippen LogP contribution in [0.25, 0.3) is 0 Å². The van der Waals surface area contributed by atoms with Crippen molar-refractivity contribution < 1.29 is 0 Å². The Hall–Kier alpha value is -0.860. The van der Waals surface area contributed by atoms with E-state index >= 15 is 0 Å². The summed E-state index contributed by atoms with van der Waals surface area (Å²) in [4.78, 5) is 0. The molecular formula is C15H24N2. The van der Waals surface area contributed by atoms with Crippen molar-refractivity contribution in [2.75, 3.05) is 0 Å². The van der Waals surface area contributed by atoms with E-state index in [0.29, 0.717) is 6.04 Å². The first kappa shape index (κ1) is 12.6. The fourth-order valence-electron chi connectivity index (χ4n) is 2.85. The molecule has 0 saturated heterocycles. The molecule has 0 aromatic heterocycles. The Labute approximate surface area is 104 Å². The van der Waals surface area contributed by atoms with Crippen LogP contribution in [0.3, 0.4) is 0 Å². The summed E-state index contributed by atoms with van der Waals surface area (Å²) in [6, 6.07) is 7.06. The number of hydrogen-bond acceptors (Lipinski definition) is 2. The number of rotatable bonds is 2. The second-order valence-electron chi connectivity index (χ2n) is 5.49. The lowest BCUT2D eigenvalue weighted by atomic mass is 9.75. The molecule has 1 saturated carbocycles. The molecule has 0 amide bonds. The van der Waals surface area contributed by atoms with Crippen LogP contribution in [0.15, 0.2) is 18.2 Å². The van der Waals surface area contributed by atoms with E-state index in [1.54, 1.807) is 0 Å². The fourth-order valence-corrected chi connectivity index (χ4v) is 2.85. The number of aryl methyl sites for hydroxylation is 2. The van der Waals surface area contributed by atoms with Crippen molar-refractivity contribution in [1.29, 1.82) is 0 Å². The third-order valence-corrected chi connectivity index (χ3v) is 4.22. The van der Waals surface area contributed by atoms with Gasteiger partial charge in [0, 0.05) is 11.6 Å². The van der Waals surface area contributed by atoms with Gasteiger partial charge in [0.05, 0.1) is 0 Å². The SMILES string of the molecule is CCc1ccc(C2(N)CCC(N)CC2)cc1C. The fraction of sp³-hybridized carbons (Fsp3) is 0.600. The highest BCUT2D eigenvalue weighted by Crippen LogP contribution is 2.35. The predicted octanol–water partition coefficient (Wildman–Crippen LogP) is 2.61. The quantitative estimate of drug-likeness (QED) is 0.823. The normalized spacial score (nSPS) is 29.3. The van der Waals surface area contributed by atoms with Crippen LogP contribution < -0.4 is 11.5 Å². The van der Waals surface area contributed by atoms with Gasteiger partial charge in [-0.2, -0.15) is 0 Å². The lowest BCUT2D eigenvalue weighted by molar-refractivity contribution is 0.277. The molecule has 0 radical (unpaired) electrons. The standard InChI is InChI=1S/C15H24N2/c1-3-12-4-5-13(10-11(12)2)15(17)8-6-14(16)7-9-15/h4-5,10,14H,3,6-9,16-17H2,1-2H3. The van der Waals surface area contributed by atoms with Crippen LogP contribution in [-0.2, 0) is 12.0 Å². The van der Waals surface area contributed by atoms with Crippen LogP contribution in [0.4, 0.5) is 0 Å². The highest BCUT2D eigenvalue weighted by atomic mass is 14.8. The van der Waals surface area contributed by atoms with Gasteiger partial charge in [-0.25, -0.2) is 0 Å². The first-order valence-corrected chi connectivity index (χ1v) is 6.69. The lowest BCUT2D eigenvalue weighted by Gasteiger charge is -2.36. The van der Waals surface area contributed by atoms with Crippen molar-refractivity contribution in [3.63, 3.8) is 0 Å². The average molecular weight is 232 g/mol. The first-order valence-electron chi connectivity index (χ1n) is 6.69. The Morgan fingerprint density at radius 2 is 1.94 bits per heavy atom. The second kappa shape index (κ2) is 4.79. The smallest absolute Gasteiger partial charge is 0.0410 e. The molecule has 0 unspecified atom stereocenters. The van der Waals surface area contributed by atoms with Crippen molar-refractivity contribution in [3.8, 4) is 0 Å². The molecule has 2 heteroatoms. The van der Waals surface area contributed by atoms with Gasteiger partial charge in [0.15, 0.2) is 0 Å². The van der Waals surface area contributed by atoms with Crippen molar-refractivity contribution in [3.05, 3.63) is 34.9 Å². The van der Waals surface area contributed by atoms with Crippen molar-refractivity contribution in [1.82, 2.24) is 0 Å². The molecular weight excluding hydrogens is 208 g/mol. The van der Waals surface area contributed by atoms with E-state index in [2.05, 4.69) is 32.0 Å². The molecule has 0 aliphatic heterocycles. The van der Waals surface area contributed by atoms with Crippen LogP contribution in [0.5, 0.6) is 0 Å². The molecule has 0 heterocycles. The first-order chi connectivity index (χ1) is 8.05. The Bertz CT molecular complexity index is 390. The van der Waals surface area contributed by atoms with Gasteiger partial charge in [-0.1, -0.05) is 25.1 Å². The van der Waals surface area contributed by atoms with Crippen LogP contribution in [0.2, 0.25) is 0 Å². The second-order valence-corrected chi connectivity index (χ2v) is 5.49. The highest BCUT2D eigenvalue weighted by molar-refractivity contribution is 5.35. The van der Waals surface area contributed by atoms with E-state index in [1.807, 2.05) is 0 Å². The van der Waals surface area contributed by atoms with E-state index in [4.69, 9.17) is 11.5 Å². The highest BCUT2D eigenvalue weighted by Gasteiger charge is 2.32. The Morgan fingerprint density at radius 3 is 2.47 bits per heavy atom. The van der Waals surface area contributed by atoms with E-state index in [9.17, 15) is 0 Å². The van der Waals surface area contributed by atoms with Crippen molar-refractivity contribution in [2.24, 2.45) is 11.5 Å². The monoisotopic (exact) mass is 232 g/mol. The summed E-state index contributed by atoms with van der Waals surface area (Å²) in [7, 11) is 0. The van der Waals surface area contributed by atoms with Gasteiger partial charge < -0.3 is 11.5 Å². The summed E-state index contributed by atoms with van der Waals surface area (Å²) < 4.78 is 0. The summed E-state index contributed by atoms with van der Waals surface area (Å²) in [5, 5.41) is 0. The van der Waals surface area contributed by atoms with Gasteiger partial charge in [0.2, 0.25) is 0 Å². The molecule has 0 spiro atoms. The maximum absolute atomic E-state index is 6.55. The average Bonchev–Trinajstić information content (AvgIpc) is 2.33. The van der Waals surface area contributed by atoms with E-state index in [1.165, 1.54) is 16.7 Å². The topological polar surface area (TPSA) is 52.0 Å². The zero-order chi connectivity index (χ0) is 12.5. The Morgan fingerprint density at radius 1 is 1.29 bits per heavy atom. The van der Waals surface area contributed by atoms with E-state index < -0.39 is 0 Å². The molecule has 2 nitrogen and oxygen atoms in total. The summed E-state index contributed by atoms with van der Waals surface area (Å²) in [6.45, 7) is 4.38. The molecule has 1 fully saturated rings. The molecule has 0 atom stereocenters. The van der Waals surface area contributed by atoms with Crippen LogP contribution in [0.1, 0.15) is 49.3 Å². The summed E-state index contributed by atoms with van der Waals surface area (Å²) in [6.07, 6.45) is 5.21. The van der Waals surface area contributed by atoms with Gasteiger partial charge in [0.25, 0.3) is 0 Å². The van der Waals surface area contributed by atoms with Gasteiger partial charge in [-0.05, 0) is 55.7 Å². The third kappa shape index (κ3) is 2.53. The predicted molar refractivity (Wildman–Crippen MR) is 72.9 cm³/mol. The van der Waals surface area contributed by atoms with Gasteiger partial charge in [-0.15, -0.1) is 0 Å². The minimum atomic E-state index is -0.146. The largest absolute Gasteiger partial charge is 0.328 e. The molecule has 17 heavy (non-hydrogen) atoms. The van der Waals surface area contributed by atoms with Crippen molar-refractivity contribution >= 4 is 0 Å². The Balaban J connectivity index is 2.24. The molecule has 94 valence electrons. The molecule has 2 rings (SSSR count). The minimum absolute atomic E-state index is 0.146. The summed E-state index contributed by atoms with van der Waals surface area (Å²) in [5.41, 5.74) is 16.4. The minimum Gasteiger partial charge on any atom is -0.328 e. The van der Waals surface area contributed by atoms with Gasteiger partial charge in [-0.3, -0.25) is 0 Å². The molecule has 1 aliphatic rings. The molecule has 1 aliphatic carbocycles. The van der Waals surface area contributed by atoms with Gasteiger partial charge in [0.1, 0.15) is 0 Å². The molecule has 0 bridgehead atoms. The maximum Gasteiger partial charge on any atom is 0.0410 e. The number of nitrogens with two attached hydrogens (primary N) is 2. The van der Waals surface area contributed by atoms with E-state index in [0.717, 1.165) is 32.1 Å². The molecule has 1 aromatic rings. The third-order valence-electron chi connectivity index (χ3n) is 4.22. The molecule has 1 aromatic carbocycles. The number of benzene rings is 1. The summed E-state index contributed by atoms with van der Waals surface area (Å²) in [5.74, 6) is 0.